The molecule has 0 amide bonds. The quantitative estimate of drug-likeness (QED) is 0.396. The van der Waals surface area contributed by atoms with Crippen LogP contribution in [0.2, 0.25) is 5.15 Å². The Labute approximate surface area is 125 Å². The van der Waals surface area contributed by atoms with E-state index in [0.29, 0.717) is 0 Å². The molecule has 1 aromatic heterocycles. The van der Waals surface area contributed by atoms with E-state index in [1.165, 1.54) is 0 Å². The Morgan fingerprint density at radius 3 is 1.86 bits per heavy atom. The molecule has 0 fully saturated rings. The van der Waals surface area contributed by atoms with Gasteiger partial charge >= 0.3 is 0 Å². The van der Waals surface area contributed by atoms with Crippen LogP contribution >= 0.6 is 11.6 Å². The number of halogens is 6. The maximum absolute atomic E-state index is 13.5. The summed E-state index contributed by atoms with van der Waals surface area (Å²) >= 11 is 5.46. The van der Waals surface area contributed by atoms with Gasteiger partial charge in [0, 0.05) is 0 Å². The zero-order chi connectivity index (χ0) is 16.7. The van der Waals surface area contributed by atoms with Crippen LogP contribution in [0.3, 0.4) is 0 Å². The fourth-order valence-electron chi connectivity index (χ4n) is 1.46. The highest BCUT2D eigenvalue weighted by molar-refractivity contribution is 7.92. The second kappa shape index (κ2) is 5.69. The molecule has 0 saturated carbocycles. The van der Waals surface area contributed by atoms with Gasteiger partial charge in [-0.3, -0.25) is 4.72 Å². The Morgan fingerprint density at radius 1 is 0.909 bits per heavy atom. The molecule has 0 saturated heterocycles. The molecular weight excluding hydrogens is 355 g/mol. The van der Waals surface area contributed by atoms with Gasteiger partial charge in [0.25, 0.3) is 10.0 Å². The van der Waals surface area contributed by atoms with Crippen molar-refractivity contribution in [3.8, 4) is 0 Å². The summed E-state index contributed by atoms with van der Waals surface area (Å²) in [6.07, 6.45) is 0.895. The molecule has 118 valence electrons. The number of hydrogen-bond donors (Lipinski definition) is 1. The van der Waals surface area contributed by atoms with Crippen molar-refractivity contribution in [1.82, 2.24) is 4.98 Å². The van der Waals surface area contributed by atoms with E-state index in [2.05, 4.69) is 4.98 Å². The maximum atomic E-state index is 13.5. The van der Waals surface area contributed by atoms with Crippen molar-refractivity contribution in [1.29, 1.82) is 0 Å². The first-order valence-electron chi connectivity index (χ1n) is 5.31. The molecule has 1 N–H and O–H groups in total. The van der Waals surface area contributed by atoms with E-state index in [1.54, 1.807) is 4.72 Å². The fourth-order valence-corrected chi connectivity index (χ4v) is 2.76. The van der Waals surface area contributed by atoms with E-state index in [-0.39, 0.29) is 10.8 Å². The van der Waals surface area contributed by atoms with Crippen LogP contribution < -0.4 is 4.72 Å². The number of hydrogen-bond acceptors (Lipinski definition) is 3. The zero-order valence-corrected chi connectivity index (χ0v) is 11.7. The van der Waals surface area contributed by atoms with Gasteiger partial charge in [0.2, 0.25) is 5.82 Å². The normalized spacial score (nSPS) is 11.5. The molecule has 1 heterocycles. The highest BCUT2D eigenvalue weighted by Gasteiger charge is 2.33. The summed E-state index contributed by atoms with van der Waals surface area (Å²) in [5.74, 6) is -12.1. The smallest absolute Gasteiger partial charge is 0.268 e. The second-order valence-electron chi connectivity index (χ2n) is 3.87. The third kappa shape index (κ3) is 2.83. The molecule has 0 radical (unpaired) electrons. The Kier molecular flexibility index (Phi) is 4.25. The lowest BCUT2D eigenvalue weighted by atomic mass is 10.3. The van der Waals surface area contributed by atoms with Gasteiger partial charge in [-0.25, -0.2) is 35.4 Å². The van der Waals surface area contributed by atoms with E-state index in [9.17, 15) is 30.4 Å². The van der Waals surface area contributed by atoms with Crippen molar-refractivity contribution in [2.75, 3.05) is 4.72 Å². The number of rotatable bonds is 3. The summed E-state index contributed by atoms with van der Waals surface area (Å²) in [6.45, 7) is 0. The van der Waals surface area contributed by atoms with E-state index >= 15 is 0 Å². The van der Waals surface area contributed by atoms with Crippen molar-refractivity contribution in [2.24, 2.45) is 0 Å². The second-order valence-corrected chi connectivity index (χ2v) is 5.88. The largest absolute Gasteiger partial charge is 0.278 e. The molecule has 2 aromatic rings. The van der Waals surface area contributed by atoms with Crippen molar-refractivity contribution >= 4 is 27.3 Å². The third-order valence-corrected chi connectivity index (χ3v) is 4.04. The summed E-state index contributed by atoms with van der Waals surface area (Å²) in [4.78, 5) is 1.51. The van der Waals surface area contributed by atoms with Gasteiger partial charge in [0.05, 0.1) is 11.9 Å². The van der Waals surface area contributed by atoms with Crippen LogP contribution in [0.15, 0.2) is 23.2 Å². The summed E-state index contributed by atoms with van der Waals surface area (Å²) in [5.41, 5.74) is -0.284. The van der Waals surface area contributed by atoms with Crippen molar-refractivity contribution in [3.63, 3.8) is 0 Å². The summed E-state index contributed by atoms with van der Waals surface area (Å²) < 4.78 is 91.3. The average molecular weight is 359 g/mol. The summed E-state index contributed by atoms with van der Waals surface area (Å²) in [5, 5.41) is -0.000759. The van der Waals surface area contributed by atoms with Crippen LogP contribution in [0.1, 0.15) is 0 Å². The molecule has 0 spiro atoms. The lowest BCUT2D eigenvalue weighted by Gasteiger charge is -2.11. The van der Waals surface area contributed by atoms with Crippen molar-refractivity contribution in [3.05, 3.63) is 52.6 Å². The average Bonchev–Trinajstić information content (AvgIpc) is 2.45. The van der Waals surface area contributed by atoms with E-state index < -0.39 is 44.0 Å². The topological polar surface area (TPSA) is 59.1 Å². The van der Waals surface area contributed by atoms with Crippen LogP contribution in [0.5, 0.6) is 0 Å². The molecule has 2 rings (SSSR count). The molecule has 0 unspecified atom stereocenters. The molecule has 0 bridgehead atoms. The van der Waals surface area contributed by atoms with Crippen LogP contribution in [0.25, 0.3) is 0 Å². The molecule has 0 aliphatic heterocycles. The van der Waals surface area contributed by atoms with Gasteiger partial charge in [-0.15, -0.1) is 0 Å². The van der Waals surface area contributed by atoms with Crippen LogP contribution in [-0.4, -0.2) is 13.4 Å². The Morgan fingerprint density at radius 2 is 1.41 bits per heavy atom. The highest BCUT2D eigenvalue weighted by atomic mass is 35.5. The van der Waals surface area contributed by atoms with Gasteiger partial charge in [0.15, 0.2) is 28.2 Å². The minimum absolute atomic E-state index is 0.000759. The first kappa shape index (κ1) is 16.4. The first-order valence-corrected chi connectivity index (χ1v) is 7.17. The van der Waals surface area contributed by atoms with Crippen molar-refractivity contribution in [2.45, 2.75) is 4.90 Å². The summed E-state index contributed by atoms with van der Waals surface area (Å²) in [6, 6.07) is 2.23. The SMILES string of the molecule is O=S(=O)(Nc1ccc(Cl)nc1)c1c(F)c(F)c(F)c(F)c1F. The van der Waals surface area contributed by atoms with Crippen molar-refractivity contribution < 1.29 is 30.4 Å². The van der Waals surface area contributed by atoms with Gasteiger partial charge in [0.1, 0.15) is 5.15 Å². The molecule has 11 heteroatoms. The van der Waals surface area contributed by atoms with Gasteiger partial charge in [-0.1, -0.05) is 11.6 Å². The zero-order valence-electron chi connectivity index (χ0n) is 10.2. The molecule has 22 heavy (non-hydrogen) atoms. The number of anilines is 1. The minimum Gasteiger partial charge on any atom is -0.278 e. The Hall–Kier alpha value is -1.94. The Bertz CT molecular complexity index is 814. The summed E-state index contributed by atoms with van der Waals surface area (Å²) in [7, 11) is -5.08. The van der Waals surface area contributed by atoms with Crippen LogP contribution in [0.4, 0.5) is 27.6 Å². The first-order chi connectivity index (χ1) is 10.1. The van der Waals surface area contributed by atoms with Gasteiger partial charge in [-0.2, -0.15) is 0 Å². The fraction of sp³-hybridized carbons (Fsp3) is 0. The van der Waals surface area contributed by atoms with Crippen LogP contribution in [-0.2, 0) is 10.0 Å². The van der Waals surface area contributed by atoms with E-state index in [4.69, 9.17) is 11.6 Å². The molecule has 0 atom stereocenters. The number of aromatic nitrogens is 1. The molecule has 0 aliphatic carbocycles. The number of pyridine rings is 1. The highest BCUT2D eigenvalue weighted by Crippen LogP contribution is 2.28. The Balaban J connectivity index is 2.57. The maximum Gasteiger partial charge on any atom is 0.268 e. The molecule has 0 aliphatic rings. The lowest BCUT2D eigenvalue weighted by molar-refractivity contribution is 0.358. The van der Waals surface area contributed by atoms with Crippen LogP contribution in [0, 0.1) is 29.1 Å². The number of benzene rings is 1. The minimum atomic E-state index is -5.08. The standard InChI is InChI=1S/C11H4ClF5N2O2S/c12-5-2-1-4(3-18-5)19-22(20,21)11-9(16)7(14)6(13)8(15)10(11)17/h1-3,19H. The molecule has 4 nitrogen and oxygen atoms in total. The number of nitrogens with zero attached hydrogens (tertiary/aromatic N) is 1. The van der Waals surface area contributed by atoms with Gasteiger partial charge in [-0.05, 0) is 12.1 Å². The molecular formula is C11H4ClF5N2O2S. The van der Waals surface area contributed by atoms with Gasteiger partial charge < -0.3 is 0 Å². The molecule has 1 aromatic carbocycles. The lowest BCUT2D eigenvalue weighted by Crippen LogP contribution is -2.19. The predicted octanol–water partition coefficient (Wildman–Crippen LogP) is 3.23. The van der Waals surface area contributed by atoms with E-state index in [0.717, 1.165) is 18.3 Å². The number of nitrogens with one attached hydrogen (secondary N) is 1. The number of sulfonamides is 1. The van der Waals surface area contributed by atoms with E-state index in [1.807, 2.05) is 0 Å². The monoisotopic (exact) mass is 358 g/mol. The third-order valence-electron chi connectivity index (χ3n) is 2.42. The predicted molar refractivity (Wildman–Crippen MR) is 66.3 cm³/mol.